The van der Waals surface area contributed by atoms with Crippen LogP contribution in [0.15, 0.2) is 46.9 Å². The van der Waals surface area contributed by atoms with E-state index >= 15 is 0 Å². The molecule has 1 aromatic heterocycles. The highest BCUT2D eigenvalue weighted by molar-refractivity contribution is 9.10. The number of rotatable bonds is 4. The molecule has 0 unspecified atom stereocenters. The molecule has 1 heterocycles. The van der Waals surface area contributed by atoms with E-state index in [-0.39, 0.29) is 5.78 Å². The van der Waals surface area contributed by atoms with Gasteiger partial charge in [-0.25, -0.2) is 4.68 Å². The summed E-state index contributed by atoms with van der Waals surface area (Å²) in [5, 5.41) is 17.1. The Morgan fingerprint density at radius 1 is 1.27 bits per heavy atom. The monoisotopic (exact) mass is 409 g/mol. The smallest absolute Gasteiger partial charge is 0.188 e. The number of aliphatic hydroxyl groups excluding tert-OH is 1. The molecule has 2 aromatic carbocycles. The van der Waals surface area contributed by atoms with Crippen LogP contribution in [0.2, 0.25) is 0 Å². The normalized spacial score (nSPS) is 9.46. The highest BCUT2D eigenvalue weighted by atomic mass is 79.9. The molecule has 0 saturated heterocycles. The zero-order chi connectivity index (χ0) is 18.9. The lowest BCUT2D eigenvalue weighted by Gasteiger charge is -2.04. The summed E-state index contributed by atoms with van der Waals surface area (Å²) < 4.78 is 2.78. The number of hydrogen-bond donors (Lipinski definition) is 1. The van der Waals surface area contributed by atoms with E-state index in [0.717, 1.165) is 21.1 Å². The third kappa shape index (κ3) is 5.03. The Morgan fingerprint density at radius 2 is 2.00 bits per heavy atom. The second kappa shape index (κ2) is 9.53. The summed E-state index contributed by atoms with van der Waals surface area (Å²) in [5.41, 5.74) is 3.30. The number of aliphatic hydroxyl groups is 1. The summed E-state index contributed by atoms with van der Waals surface area (Å²) in [5.74, 6) is 6.80. The van der Waals surface area contributed by atoms with Gasteiger partial charge in [0.25, 0.3) is 0 Å². The Balaban J connectivity index is 0.000000431. The number of nitrogens with zero attached hydrogens (tertiary/aromatic N) is 3. The molecule has 3 aromatic rings. The molecular weight excluding hydrogens is 394 g/mol. The molecule has 0 aliphatic heterocycles. The Hall–Kier alpha value is -2.93. The van der Waals surface area contributed by atoms with Crippen molar-refractivity contribution in [1.29, 1.82) is 0 Å². The van der Waals surface area contributed by atoms with Gasteiger partial charge in [-0.05, 0) is 42.5 Å². The van der Waals surface area contributed by atoms with Gasteiger partial charge in [-0.2, -0.15) is 0 Å². The highest BCUT2D eigenvalue weighted by Crippen LogP contribution is 2.18. The van der Waals surface area contributed by atoms with E-state index in [1.165, 1.54) is 0 Å². The summed E-state index contributed by atoms with van der Waals surface area (Å²) >= 11 is 3.41. The van der Waals surface area contributed by atoms with Crippen molar-refractivity contribution in [2.45, 2.75) is 13.5 Å². The third-order valence-electron chi connectivity index (χ3n) is 3.42. The Bertz CT molecular complexity index is 1010. The first-order valence-corrected chi connectivity index (χ1v) is 8.47. The predicted octanol–water partition coefficient (Wildman–Crippen LogP) is 3.06. The molecule has 6 heteroatoms. The van der Waals surface area contributed by atoms with Crippen LogP contribution >= 0.6 is 15.9 Å². The number of ketones is 1. The van der Waals surface area contributed by atoms with Crippen LogP contribution < -0.4 is 0 Å². The number of carbonyl (C=O) groups is 1. The minimum Gasteiger partial charge on any atom is -0.388 e. The number of hydrogen-bond acceptors (Lipinski definition) is 4. The van der Waals surface area contributed by atoms with Crippen molar-refractivity contribution in [1.82, 2.24) is 15.0 Å². The second-order valence-corrected chi connectivity index (χ2v) is 6.09. The van der Waals surface area contributed by atoms with Crippen LogP contribution in [0.25, 0.3) is 11.0 Å². The maximum atomic E-state index is 11.4. The number of halogens is 1. The number of fused-ring (bicyclic) bond motifs is 1. The first-order chi connectivity index (χ1) is 12.6. The summed E-state index contributed by atoms with van der Waals surface area (Å²) in [7, 11) is 0. The second-order valence-electron chi connectivity index (χ2n) is 5.18. The number of benzene rings is 2. The van der Waals surface area contributed by atoms with E-state index in [0.29, 0.717) is 12.1 Å². The maximum Gasteiger partial charge on any atom is 0.188 e. The van der Waals surface area contributed by atoms with E-state index in [1.807, 2.05) is 35.0 Å². The fourth-order valence-electron chi connectivity index (χ4n) is 2.19. The zero-order valence-electron chi connectivity index (χ0n) is 14.1. The molecule has 0 radical (unpaired) electrons. The fourth-order valence-corrected chi connectivity index (χ4v) is 2.54. The van der Waals surface area contributed by atoms with Crippen molar-refractivity contribution in [2.24, 2.45) is 0 Å². The molecule has 0 fully saturated rings. The highest BCUT2D eigenvalue weighted by Gasteiger charge is 2.07. The van der Waals surface area contributed by atoms with Gasteiger partial charge in [0.15, 0.2) is 5.78 Å². The number of aromatic nitrogens is 3. The average molecular weight is 410 g/mol. The molecule has 1 N–H and O–H groups in total. The molecule has 0 atom stereocenters. The van der Waals surface area contributed by atoms with Crippen molar-refractivity contribution in [3.8, 4) is 24.2 Å². The van der Waals surface area contributed by atoms with Gasteiger partial charge in [-0.3, -0.25) is 4.79 Å². The maximum absolute atomic E-state index is 11.4. The number of terminal acetylenes is 1. The van der Waals surface area contributed by atoms with Gasteiger partial charge in [0, 0.05) is 10.0 Å². The lowest BCUT2D eigenvalue weighted by atomic mass is 10.1. The molecular formula is C20H16BrN3O2. The molecule has 0 spiro atoms. The van der Waals surface area contributed by atoms with Crippen molar-refractivity contribution < 1.29 is 9.90 Å². The summed E-state index contributed by atoms with van der Waals surface area (Å²) in [6, 6.07) is 13.0. The molecule has 0 aliphatic carbocycles. The minimum absolute atomic E-state index is 0.280. The van der Waals surface area contributed by atoms with Crippen LogP contribution in [0.4, 0.5) is 0 Å². The average Bonchev–Trinajstić information content (AvgIpc) is 3.04. The lowest BCUT2D eigenvalue weighted by molar-refractivity contribution is 0.0903. The largest absolute Gasteiger partial charge is 0.388 e. The zero-order valence-corrected chi connectivity index (χ0v) is 15.7. The Morgan fingerprint density at radius 3 is 2.58 bits per heavy atom. The molecule has 0 saturated carbocycles. The first-order valence-electron chi connectivity index (χ1n) is 7.68. The van der Waals surface area contributed by atoms with Gasteiger partial charge in [0.05, 0.1) is 12.1 Å². The Kier molecular flexibility index (Phi) is 7.11. The molecule has 26 heavy (non-hydrogen) atoms. The van der Waals surface area contributed by atoms with Crippen molar-refractivity contribution in [3.05, 3.63) is 58.1 Å². The molecule has 5 nitrogen and oxygen atoms in total. The van der Waals surface area contributed by atoms with Crippen LogP contribution in [0.5, 0.6) is 0 Å². The van der Waals surface area contributed by atoms with Crippen molar-refractivity contribution in [2.75, 3.05) is 6.61 Å². The van der Waals surface area contributed by atoms with Gasteiger partial charge >= 0.3 is 0 Å². The quantitative estimate of drug-likeness (QED) is 0.531. The van der Waals surface area contributed by atoms with Gasteiger partial charge in [-0.15, -0.1) is 11.5 Å². The van der Waals surface area contributed by atoms with Gasteiger partial charge in [0.1, 0.15) is 12.1 Å². The minimum atomic E-state index is -0.470. The van der Waals surface area contributed by atoms with E-state index in [2.05, 4.69) is 44.0 Å². The summed E-state index contributed by atoms with van der Waals surface area (Å²) in [4.78, 5) is 11.4. The van der Waals surface area contributed by atoms with Crippen LogP contribution in [0, 0.1) is 24.2 Å². The van der Waals surface area contributed by atoms with E-state index in [4.69, 9.17) is 11.5 Å². The molecule has 0 bridgehead atoms. The predicted molar refractivity (Wildman–Crippen MR) is 104 cm³/mol. The summed E-state index contributed by atoms with van der Waals surface area (Å²) in [6.45, 7) is 1.81. The van der Waals surface area contributed by atoms with Crippen LogP contribution in [0.3, 0.4) is 0 Å². The topological polar surface area (TPSA) is 68.0 Å². The van der Waals surface area contributed by atoms with E-state index in [1.54, 1.807) is 19.1 Å². The van der Waals surface area contributed by atoms with Gasteiger partial charge < -0.3 is 5.11 Å². The molecule has 3 rings (SSSR count). The Labute approximate surface area is 160 Å². The van der Waals surface area contributed by atoms with Crippen molar-refractivity contribution in [3.63, 3.8) is 0 Å². The number of Topliss-reactive ketones (excluding diaryl/α,β-unsaturated/α-hetero) is 1. The van der Waals surface area contributed by atoms with Gasteiger partial charge in [0.2, 0.25) is 0 Å². The third-order valence-corrected chi connectivity index (χ3v) is 3.92. The van der Waals surface area contributed by atoms with Crippen LogP contribution in [0.1, 0.15) is 22.8 Å². The molecule has 0 amide bonds. The van der Waals surface area contributed by atoms with E-state index < -0.39 is 6.61 Å². The molecule has 130 valence electrons. The van der Waals surface area contributed by atoms with Crippen LogP contribution in [-0.2, 0) is 6.54 Å². The standard InChI is InChI=1S/C15H12BrN3O2.C5H4/c16-12-5-6-14-13(7-12)17-18-19(14)8-10-1-3-11(4-2-10)15(21)9-20;1-3-5-4-2/h1-7,20H,8-9H2;1H,2H3. The van der Waals surface area contributed by atoms with Crippen LogP contribution in [-0.4, -0.2) is 32.5 Å². The number of carbonyl (C=O) groups excluding carboxylic acids is 1. The van der Waals surface area contributed by atoms with Crippen molar-refractivity contribution >= 4 is 32.7 Å². The summed E-state index contributed by atoms with van der Waals surface area (Å²) in [6.07, 6.45) is 4.72. The van der Waals surface area contributed by atoms with E-state index in [9.17, 15) is 4.79 Å². The lowest BCUT2D eigenvalue weighted by Crippen LogP contribution is -2.05. The fraction of sp³-hybridized carbons (Fsp3) is 0.150. The SMILES string of the molecule is C#CC#CC.O=C(CO)c1ccc(Cn2nnc3cc(Br)ccc32)cc1. The van der Waals surface area contributed by atoms with Gasteiger partial charge in [-0.1, -0.05) is 51.3 Å². The first kappa shape index (κ1) is 19.4. The molecule has 0 aliphatic rings.